The van der Waals surface area contributed by atoms with Crippen molar-refractivity contribution in [2.45, 2.75) is 19.8 Å². The van der Waals surface area contributed by atoms with E-state index in [1.54, 1.807) is 4.68 Å². The molecule has 0 aliphatic heterocycles. The van der Waals surface area contributed by atoms with Crippen molar-refractivity contribution >= 4 is 21.7 Å². The first kappa shape index (κ1) is 13.0. The number of nitrogens with zero attached hydrogens (tertiary/aromatic N) is 2. The van der Waals surface area contributed by atoms with Gasteiger partial charge < -0.3 is 0 Å². The van der Waals surface area contributed by atoms with E-state index in [9.17, 15) is 4.79 Å². The summed E-state index contributed by atoms with van der Waals surface area (Å²) in [6.07, 6.45) is 1.28. The van der Waals surface area contributed by atoms with E-state index in [1.165, 1.54) is 0 Å². The molecule has 0 saturated heterocycles. The highest BCUT2D eigenvalue weighted by atomic mass is 79.9. The third-order valence-electron chi connectivity index (χ3n) is 2.90. The van der Waals surface area contributed by atoms with E-state index in [-0.39, 0.29) is 5.78 Å². The van der Waals surface area contributed by atoms with Crippen molar-refractivity contribution in [3.8, 4) is 0 Å². The van der Waals surface area contributed by atoms with Crippen LogP contribution in [0.3, 0.4) is 0 Å². The topological polar surface area (TPSA) is 34.9 Å². The van der Waals surface area contributed by atoms with E-state index in [0.29, 0.717) is 6.42 Å². The van der Waals surface area contributed by atoms with Crippen LogP contribution >= 0.6 is 15.9 Å². The van der Waals surface area contributed by atoms with E-state index in [2.05, 4.69) is 28.0 Å². The molecular weight excluding hydrogens is 292 g/mol. The molecule has 1 aromatic carbocycles. The zero-order valence-corrected chi connectivity index (χ0v) is 12.1. The molecule has 0 N–H and O–H groups in total. The lowest BCUT2D eigenvalue weighted by molar-refractivity contribution is 0.0990. The minimum Gasteiger partial charge on any atom is -0.294 e. The molecule has 1 heterocycles. The summed E-state index contributed by atoms with van der Waals surface area (Å²) in [4.78, 5) is 12.1. The Morgan fingerprint density at radius 3 is 2.56 bits per heavy atom. The number of aryl methyl sites for hydroxylation is 2. The molecule has 0 radical (unpaired) electrons. The molecule has 0 aliphatic carbocycles. The normalized spacial score (nSPS) is 10.6. The van der Waals surface area contributed by atoms with E-state index < -0.39 is 0 Å². The second-order valence-corrected chi connectivity index (χ2v) is 5.13. The first-order valence-electron chi connectivity index (χ1n) is 5.90. The number of rotatable bonds is 4. The van der Waals surface area contributed by atoms with Crippen molar-refractivity contribution in [3.63, 3.8) is 0 Å². The SMILES string of the molecule is CCc1cc(CC(=O)c2ccc(Br)cc2)n(C)n1. The third kappa shape index (κ3) is 2.88. The summed E-state index contributed by atoms with van der Waals surface area (Å²) in [7, 11) is 1.88. The number of Topliss-reactive ketones (excluding diaryl/α,β-unsaturated/α-hetero) is 1. The quantitative estimate of drug-likeness (QED) is 0.813. The fourth-order valence-electron chi connectivity index (χ4n) is 1.81. The maximum atomic E-state index is 12.1. The van der Waals surface area contributed by atoms with Crippen LogP contribution < -0.4 is 0 Å². The van der Waals surface area contributed by atoms with Crippen LogP contribution in [0.15, 0.2) is 34.8 Å². The Hall–Kier alpha value is -1.42. The van der Waals surface area contributed by atoms with Gasteiger partial charge in [-0.3, -0.25) is 9.48 Å². The molecule has 0 saturated carbocycles. The summed E-state index contributed by atoms with van der Waals surface area (Å²) in [6, 6.07) is 9.44. The van der Waals surface area contributed by atoms with Gasteiger partial charge in [-0.2, -0.15) is 5.10 Å². The molecule has 18 heavy (non-hydrogen) atoms. The average Bonchev–Trinajstić information content (AvgIpc) is 2.71. The fraction of sp³-hybridized carbons (Fsp3) is 0.286. The third-order valence-corrected chi connectivity index (χ3v) is 3.43. The number of hydrogen-bond donors (Lipinski definition) is 0. The van der Waals surface area contributed by atoms with Gasteiger partial charge in [-0.25, -0.2) is 0 Å². The Bertz CT molecular complexity index is 558. The van der Waals surface area contributed by atoms with Crippen molar-refractivity contribution in [2.24, 2.45) is 7.05 Å². The number of ketones is 1. The average molecular weight is 307 g/mol. The molecule has 0 amide bonds. The van der Waals surface area contributed by atoms with Crippen molar-refractivity contribution < 1.29 is 4.79 Å². The van der Waals surface area contributed by atoms with Crippen LogP contribution in [0.25, 0.3) is 0 Å². The minimum absolute atomic E-state index is 0.119. The Labute approximate surface area is 115 Å². The van der Waals surface area contributed by atoms with Crippen LogP contribution in [0.2, 0.25) is 0 Å². The Balaban J connectivity index is 2.15. The van der Waals surface area contributed by atoms with Crippen LogP contribution in [0.1, 0.15) is 28.7 Å². The molecule has 4 heteroatoms. The summed E-state index contributed by atoms with van der Waals surface area (Å²) in [5.41, 5.74) is 2.72. The number of halogens is 1. The summed E-state index contributed by atoms with van der Waals surface area (Å²) in [5.74, 6) is 0.119. The fourth-order valence-corrected chi connectivity index (χ4v) is 2.08. The predicted molar refractivity (Wildman–Crippen MR) is 74.8 cm³/mol. The highest BCUT2D eigenvalue weighted by molar-refractivity contribution is 9.10. The van der Waals surface area contributed by atoms with Gasteiger partial charge in [-0.05, 0) is 24.6 Å². The molecular formula is C14H15BrN2O. The molecule has 0 atom stereocenters. The number of benzene rings is 1. The Kier molecular flexibility index (Phi) is 3.97. The van der Waals surface area contributed by atoms with Crippen molar-refractivity contribution in [2.75, 3.05) is 0 Å². The molecule has 94 valence electrons. The molecule has 0 spiro atoms. The van der Waals surface area contributed by atoms with Gasteiger partial charge in [0, 0.05) is 22.8 Å². The van der Waals surface area contributed by atoms with Gasteiger partial charge in [-0.15, -0.1) is 0 Å². The molecule has 0 bridgehead atoms. The molecule has 0 fully saturated rings. The molecule has 0 aliphatic rings. The van der Waals surface area contributed by atoms with Gasteiger partial charge in [0.05, 0.1) is 12.1 Å². The summed E-state index contributed by atoms with van der Waals surface area (Å²) < 4.78 is 2.77. The van der Waals surface area contributed by atoms with Crippen LogP contribution in [0, 0.1) is 0 Å². The van der Waals surface area contributed by atoms with Crippen molar-refractivity contribution in [3.05, 3.63) is 51.8 Å². The van der Waals surface area contributed by atoms with E-state index in [1.807, 2.05) is 37.4 Å². The summed E-state index contributed by atoms with van der Waals surface area (Å²) >= 11 is 3.36. The van der Waals surface area contributed by atoms with Crippen LogP contribution in [0.4, 0.5) is 0 Å². The largest absolute Gasteiger partial charge is 0.294 e. The van der Waals surface area contributed by atoms with Gasteiger partial charge in [0.15, 0.2) is 5.78 Å². The maximum absolute atomic E-state index is 12.1. The Morgan fingerprint density at radius 1 is 1.33 bits per heavy atom. The highest BCUT2D eigenvalue weighted by Gasteiger charge is 2.11. The lowest BCUT2D eigenvalue weighted by atomic mass is 10.1. The zero-order valence-electron chi connectivity index (χ0n) is 10.5. The lowest BCUT2D eigenvalue weighted by Gasteiger charge is -2.02. The number of aromatic nitrogens is 2. The van der Waals surface area contributed by atoms with Crippen LogP contribution in [-0.2, 0) is 19.9 Å². The predicted octanol–water partition coefficient (Wildman–Crippen LogP) is 3.17. The maximum Gasteiger partial charge on any atom is 0.168 e. The smallest absolute Gasteiger partial charge is 0.168 e. The zero-order chi connectivity index (χ0) is 13.1. The Morgan fingerprint density at radius 2 is 2.00 bits per heavy atom. The van der Waals surface area contributed by atoms with Gasteiger partial charge in [-0.1, -0.05) is 35.0 Å². The number of carbonyl (C=O) groups is 1. The van der Waals surface area contributed by atoms with E-state index in [0.717, 1.165) is 27.8 Å². The molecule has 2 aromatic rings. The van der Waals surface area contributed by atoms with Crippen molar-refractivity contribution in [1.82, 2.24) is 9.78 Å². The standard InChI is InChI=1S/C14H15BrN2O/c1-3-12-8-13(17(2)16-12)9-14(18)10-4-6-11(15)7-5-10/h4-8H,3,9H2,1-2H3. The summed E-state index contributed by atoms with van der Waals surface area (Å²) in [5, 5.41) is 4.35. The lowest BCUT2D eigenvalue weighted by Crippen LogP contribution is -2.07. The van der Waals surface area contributed by atoms with Crippen LogP contribution in [0.5, 0.6) is 0 Å². The molecule has 1 aromatic heterocycles. The number of carbonyl (C=O) groups excluding carboxylic acids is 1. The second-order valence-electron chi connectivity index (χ2n) is 4.21. The summed E-state index contributed by atoms with van der Waals surface area (Å²) in [6.45, 7) is 2.06. The van der Waals surface area contributed by atoms with Gasteiger partial charge in [0.1, 0.15) is 0 Å². The first-order chi connectivity index (χ1) is 8.60. The van der Waals surface area contributed by atoms with Gasteiger partial charge in [0.2, 0.25) is 0 Å². The second kappa shape index (κ2) is 5.48. The first-order valence-corrected chi connectivity index (χ1v) is 6.70. The van der Waals surface area contributed by atoms with Gasteiger partial charge >= 0.3 is 0 Å². The molecule has 2 rings (SSSR count). The highest BCUT2D eigenvalue weighted by Crippen LogP contribution is 2.13. The minimum atomic E-state index is 0.119. The monoisotopic (exact) mass is 306 g/mol. The number of hydrogen-bond acceptors (Lipinski definition) is 2. The van der Waals surface area contributed by atoms with E-state index >= 15 is 0 Å². The molecule has 0 unspecified atom stereocenters. The van der Waals surface area contributed by atoms with Gasteiger partial charge in [0.25, 0.3) is 0 Å². The van der Waals surface area contributed by atoms with Crippen molar-refractivity contribution in [1.29, 1.82) is 0 Å². The van der Waals surface area contributed by atoms with Crippen LogP contribution in [-0.4, -0.2) is 15.6 Å². The molecule has 3 nitrogen and oxygen atoms in total. The van der Waals surface area contributed by atoms with E-state index in [4.69, 9.17) is 0 Å².